The molecule has 6 heteroatoms. The van der Waals surface area contributed by atoms with Crippen LogP contribution in [-0.2, 0) is 4.79 Å². The van der Waals surface area contributed by atoms with E-state index in [1.165, 1.54) is 0 Å². The first-order valence-electron chi connectivity index (χ1n) is 6.58. The molecule has 1 heterocycles. The number of nitrogens with two attached hydrogens (primary N) is 1. The average Bonchev–Trinajstić information content (AvgIpc) is 2.87. The van der Waals surface area contributed by atoms with Crippen molar-refractivity contribution < 1.29 is 9.53 Å². The summed E-state index contributed by atoms with van der Waals surface area (Å²) in [6.45, 7) is 1.79. The van der Waals surface area contributed by atoms with Crippen LogP contribution in [0.5, 0.6) is 5.75 Å². The molecular formula is C14H20BrClN2O2. The van der Waals surface area contributed by atoms with E-state index >= 15 is 0 Å². The molecule has 0 radical (unpaired) electrons. The lowest BCUT2D eigenvalue weighted by atomic mass is 10.2. The molecule has 112 valence electrons. The van der Waals surface area contributed by atoms with Gasteiger partial charge in [0.1, 0.15) is 5.75 Å². The highest BCUT2D eigenvalue weighted by Crippen LogP contribution is 2.19. The van der Waals surface area contributed by atoms with E-state index in [9.17, 15) is 4.79 Å². The van der Waals surface area contributed by atoms with Gasteiger partial charge >= 0.3 is 0 Å². The van der Waals surface area contributed by atoms with E-state index < -0.39 is 0 Å². The SMILES string of the molecule is Cl.NCC1CCCN1C(=O)CCOc1cccc(Br)c1. The second-order valence-electron chi connectivity index (χ2n) is 4.67. The summed E-state index contributed by atoms with van der Waals surface area (Å²) in [5, 5.41) is 0. The van der Waals surface area contributed by atoms with Crippen molar-refractivity contribution in [3.8, 4) is 5.75 Å². The minimum absolute atomic E-state index is 0. The van der Waals surface area contributed by atoms with Gasteiger partial charge in [0.05, 0.1) is 13.0 Å². The van der Waals surface area contributed by atoms with Gasteiger partial charge in [0.15, 0.2) is 0 Å². The van der Waals surface area contributed by atoms with Crippen molar-refractivity contribution in [1.82, 2.24) is 4.90 Å². The van der Waals surface area contributed by atoms with E-state index in [0.29, 0.717) is 19.6 Å². The Bertz CT molecular complexity index is 445. The molecule has 0 spiro atoms. The number of likely N-dealkylation sites (tertiary alicyclic amines) is 1. The van der Waals surface area contributed by atoms with Crippen molar-refractivity contribution in [2.24, 2.45) is 5.73 Å². The maximum Gasteiger partial charge on any atom is 0.226 e. The molecule has 20 heavy (non-hydrogen) atoms. The zero-order chi connectivity index (χ0) is 13.7. The Morgan fingerprint density at radius 2 is 2.30 bits per heavy atom. The van der Waals surface area contributed by atoms with Gasteiger partial charge in [-0.2, -0.15) is 0 Å². The van der Waals surface area contributed by atoms with Crippen LogP contribution in [0.2, 0.25) is 0 Å². The molecule has 0 aliphatic carbocycles. The third-order valence-corrected chi connectivity index (χ3v) is 3.84. The summed E-state index contributed by atoms with van der Waals surface area (Å²) < 4.78 is 6.55. The normalized spacial score (nSPS) is 17.7. The summed E-state index contributed by atoms with van der Waals surface area (Å²) in [5.41, 5.74) is 5.67. The Balaban J connectivity index is 0.00000200. The average molecular weight is 364 g/mol. The molecule has 0 bridgehead atoms. The number of rotatable bonds is 5. The van der Waals surface area contributed by atoms with Gasteiger partial charge in [-0.15, -0.1) is 12.4 Å². The molecule has 0 aromatic heterocycles. The summed E-state index contributed by atoms with van der Waals surface area (Å²) in [5.74, 6) is 0.918. The number of nitrogens with zero attached hydrogens (tertiary/aromatic N) is 1. The number of hydrogen-bond donors (Lipinski definition) is 1. The van der Waals surface area contributed by atoms with Gasteiger partial charge in [-0.25, -0.2) is 0 Å². The Kier molecular flexibility index (Phi) is 7.34. The molecule has 1 atom stereocenters. The van der Waals surface area contributed by atoms with Crippen molar-refractivity contribution >= 4 is 34.2 Å². The molecule has 2 N–H and O–H groups in total. The Morgan fingerprint density at radius 3 is 3.00 bits per heavy atom. The predicted molar refractivity (Wildman–Crippen MR) is 85.3 cm³/mol. The molecule has 1 amide bonds. The van der Waals surface area contributed by atoms with Gasteiger partial charge in [0, 0.05) is 23.6 Å². The third-order valence-electron chi connectivity index (χ3n) is 3.35. The van der Waals surface area contributed by atoms with Gasteiger partial charge in [0.2, 0.25) is 5.91 Å². The minimum atomic E-state index is 0. The highest BCUT2D eigenvalue weighted by molar-refractivity contribution is 9.10. The summed E-state index contributed by atoms with van der Waals surface area (Å²) >= 11 is 3.39. The lowest BCUT2D eigenvalue weighted by Crippen LogP contribution is -2.40. The van der Waals surface area contributed by atoms with Crippen LogP contribution in [0.1, 0.15) is 19.3 Å². The van der Waals surface area contributed by atoms with Crippen LogP contribution < -0.4 is 10.5 Å². The first-order valence-corrected chi connectivity index (χ1v) is 7.38. The quantitative estimate of drug-likeness (QED) is 0.875. The molecule has 1 saturated heterocycles. The third kappa shape index (κ3) is 4.65. The maximum atomic E-state index is 12.1. The number of hydrogen-bond acceptors (Lipinski definition) is 3. The van der Waals surface area contributed by atoms with Crippen LogP contribution in [-0.4, -0.2) is 36.5 Å². The van der Waals surface area contributed by atoms with Gasteiger partial charge in [0.25, 0.3) is 0 Å². The molecule has 2 rings (SSSR count). The zero-order valence-corrected chi connectivity index (χ0v) is 13.7. The Labute approximate surface area is 134 Å². The van der Waals surface area contributed by atoms with E-state index in [1.807, 2.05) is 29.2 Å². The lowest BCUT2D eigenvalue weighted by Gasteiger charge is -2.23. The Hall–Kier alpha value is -0.780. The molecule has 1 aromatic carbocycles. The number of carbonyl (C=O) groups is 1. The van der Waals surface area contributed by atoms with Crippen LogP contribution in [0.25, 0.3) is 0 Å². The largest absolute Gasteiger partial charge is 0.493 e. The molecular weight excluding hydrogens is 344 g/mol. The van der Waals surface area contributed by atoms with Crippen LogP contribution in [0.15, 0.2) is 28.7 Å². The predicted octanol–water partition coefficient (Wildman–Crippen LogP) is 2.59. The smallest absolute Gasteiger partial charge is 0.226 e. The fraction of sp³-hybridized carbons (Fsp3) is 0.500. The first kappa shape index (κ1) is 17.3. The second-order valence-corrected chi connectivity index (χ2v) is 5.59. The van der Waals surface area contributed by atoms with Gasteiger partial charge in [-0.3, -0.25) is 4.79 Å². The fourth-order valence-corrected chi connectivity index (χ4v) is 2.74. The van der Waals surface area contributed by atoms with Gasteiger partial charge < -0.3 is 15.4 Å². The van der Waals surface area contributed by atoms with Crippen molar-refractivity contribution in [3.63, 3.8) is 0 Å². The van der Waals surface area contributed by atoms with E-state index in [2.05, 4.69) is 15.9 Å². The van der Waals surface area contributed by atoms with Crippen molar-refractivity contribution in [3.05, 3.63) is 28.7 Å². The number of ether oxygens (including phenoxy) is 1. The molecule has 1 fully saturated rings. The zero-order valence-electron chi connectivity index (χ0n) is 11.3. The molecule has 0 saturated carbocycles. The summed E-state index contributed by atoms with van der Waals surface area (Å²) in [6.07, 6.45) is 2.48. The molecule has 1 unspecified atom stereocenters. The van der Waals surface area contributed by atoms with E-state index in [1.54, 1.807) is 0 Å². The monoisotopic (exact) mass is 362 g/mol. The molecule has 4 nitrogen and oxygen atoms in total. The number of amides is 1. The lowest BCUT2D eigenvalue weighted by molar-refractivity contribution is -0.132. The maximum absolute atomic E-state index is 12.1. The minimum Gasteiger partial charge on any atom is -0.493 e. The van der Waals surface area contributed by atoms with Crippen LogP contribution >= 0.6 is 28.3 Å². The van der Waals surface area contributed by atoms with E-state index in [0.717, 1.165) is 29.6 Å². The molecule has 1 aliphatic heterocycles. The van der Waals surface area contributed by atoms with Crippen LogP contribution in [0, 0.1) is 0 Å². The number of carbonyl (C=O) groups excluding carboxylic acids is 1. The number of halogens is 2. The van der Waals surface area contributed by atoms with Gasteiger partial charge in [-0.05, 0) is 31.0 Å². The summed E-state index contributed by atoms with van der Waals surface area (Å²) in [4.78, 5) is 13.9. The van der Waals surface area contributed by atoms with Gasteiger partial charge in [-0.1, -0.05) is 22.0 Å². The molecule has 1 aliphatic rings. The fourth-order valence-electron chi connectivity index (χ4n) is 2.37. The summed E-state index contributed by atoms with van der Waals surface area (Å²) in [7, 11) is 0. The Morgan fingerprint density at radius 1 is 1.50 bits per heavy atom. The second kappa shape index (κ2) is 8.49. The molecule has 1 aromatic rings. The standard InChI is InChI=1S/C14H19BrN2O2.ClH/c15-11-3-1-5-13(9-11)19-8-6-14(18)17-7-2-4-12(17)10-16;/h1,3,5,9,12H,2,4,6-8,10,16H2;1H. The van der Waals surface area contributed by atoms with E-state index in [-0.39, 0.29) is 24.4 Å². The van der Waals surface area contributed by atoms with Crippen molar-refractivity contribution in [2.75, 3.05) is 19.7 Å². The van der Waals surface area contributed by atoms with Crippen molar-refractivity contribution in [2.45, 2.75) is 25.3 Å². The topological polar surface area (TPSA) is 55.6 Å². The summed E-state index contributed by atoms with van der Waals surface area (Å²) in [6, 6.07) is 7.84. The highest BCUT2D eigenvalue weighted by Gasteiger charge is 2.26. The first-order chi connectivity index (χ1) is 9.20. The number of benzene rings is 1. The van der Waals surface area contributed by atoms with Crippen LogP contribution in [0.4, 0.5) is 0 Å². The van der Waals surface area contributed by atoms with Crippen molar-refractivity contribution in [1.29, 1.82) is 0 Å². The highest BCUT2D eigenvalue weighted by atomic mass is 79.9. The van der Waals surface area contributed by atoms with Crippen LogP contribution in [0.3, 0.4) is 0 Å². The van der Waals surface area contributed by atoms with E-state index in [4.69, 9.17) is 10.5 Å².